The molecule has 0 aliphatic carbocycles. The molecule has 1 aliphatic heterocycles. The number of esters is 1. The molecule has 1 fully saturated rings. The van der Waals surface area contributed by atoms with Crippen molar-refractivity contribution in [1.82, 2.24) is 10.6 Å². The second-order valence-corrected chi connectivity index (χ2v) is 7.38. The molecule has 26 heavy (non-hydrogen) atoms. The summed E-state index contributed by atoms with van der Waals surface area (Å²) >= 11 is 0. The Hall–Kier alpha value is -1.76. The summed E-state index contributed by atoms with van der Waals surface area (Å²) in [6, 6.07) is -1.08. The first-order valence-corrected chi connectivity index (χ1v) is 9.51. The molecule has 0 bridgehead atoms. The Labute approximate surface area is 151 Å². The molecule has 0 aromatic rings. The number of carbonyl (C=O) groups excluding carboxylic acids is 3. The van der Waals surface area contributed by atoms with Gasteiger partial charge in [0.25, 0.3) is 10.1 Å². The fourth-order valence-corrected chi connectivity index (χ4v) is 3.18. The van der Waals surface area contributed by atoms with Gasteiger partial charge in [0.2, 0.25) is 11.8 Å². The van der Waals surface area contributed by atoms with Gasteiger partial charge in [-0.15, -0.1) is 0 Å². The van der Waals surface area contributed by atoms with E-state index in [9.17, 15) is 22.8 Å². The van der Waals surface area contributed by atoms with E-state index in [-0.39, 0.29) is 12.5 Å². The molecule has 1 rings (SSSR count). The largest absolute Gasteiger partial charge is 0.457 e. The first kappa shape index (κ1) is 22.3. The van der Waals surface area contributed by atoms with Crippen LogP contribution in [-0.4, -0.2) is 76.8 Å². The van der Waals surface area contributed by atoms with Crippen molar-refractivity contribution in [2.24, 2.45) is 0 Å². The van der Waals surface area contributed by atoms with Gasteiger partial charge in [-0.3, -0.25) is 18.6 Å². The molecule has 2 amide bonds. The van der Waals surface area contributed by atoms with Gasteiger partial charge in [0.05, 0.1) is 6.26 Å². The van der Waals surface area contributed by atoms with E-state index in [1.165, 1.54) is 21.0 Å². The molecule has 1 saturated heterocycles. The average molecular weight is 396 g/mol. The molecule has 0 saturated carbocycles. The predicted octanol–water partition coefficient (Wildman–Crippen LogP) is -1.72. The third-order valence-corrected chi connectivity index (χ3v) is 3.96. The van der Waals surface area contributed by atoms with E-state index in [0.29, 0.717) is 0 Å². The van der Waals surface area contributed by atoms with Crippen LogP contribution >= 0.6 is 0 Å². The summed E-state index contributed by atoms with van der Waals surface area (Å²) in [6.45, 7) is 3.53. The lowest BCUT2D eigenvalue weighted by Crippen LogP contribution is -2.67. The average Bonchev–Trinajstić information content (AvgIpc) is 2.47. The molecule has 2 N–H and O–H groups in total. The summed E-state index contributed by atoms with van der Waals surface area (Å²) in [5, 5.41) is 4.99. The van der Waals surface area contributed by atoms with Gasteiger partial charge >= 0.3 is 5.97 Å². The normalized spacial score (nSPS) is 28.9. The predicted molar refractivity (Wildman–Crippen MR) is 87.2 cm³/mol. The highest BCUT2D eigenvalue weighted by Crippen LogP contribution is 2.27. The van der Waals surface area contributed by atoms with Gasteiger partial charge in [-0.2, -0.15) is 8.42 Å². The van der Waals surface area contributed by atoms with E-state index in [4.69, 9.17) is 18.4 Å². The Morgan fingerprint density at radius 3 is 2.12 bits per heavy atom. The number of hydrogen-bond acceptors (Lipinski definition) is 9. The molecule has 11 nitrogen and oxygen atoms in total. The van der Waals surface area contributed by atoms with Crippen molar-refractivity contribution in [3.05, 3.63) is 0 Å². The zero-order valence-corrected chi connectivity index (χ0v) is 16.0. The lowest BCUT2D eigenvalue weighted by atomic mass is 9.96. The van der Waals surface area contributed by atoms with Gasteiger partial charge in [0.1, 0.15) is 18.2 Å². The zero-order valence-electron chi connectivity index (χ0n) is 15.2. The van der Waals surface area contributed by atoms with Gasteiger partial charge in [-0.25, -0.2) is 0 Å². The topological polar surface area (TPSA) is 146 Å². The van der Waals surface area contributed by atoms with Crippen LogP contribution in [0.2, 0.25) is 0 Å². The quantitative estimate of drug-likeness (QED) is 0.379. The molecule has 1 aliphatic rings. The van der Waals surface area contributed by atoms with Crippen molar-refractivity contribution in [3.63, 3.8) is 0 Å². The Bertz CT molecular complexity index is 636. The van der Waals surface area contributed by atoms with Crippen LogP contribution in [0.4, 0.5) is 0 Å². The van der Waals surface area contributed by atoms with Crippen LogP contribution in [0.3, 0.4) is 0 Å². The Morgan fingerprint density at radius 1 is 1.08 bits per heavy atom. The molecule has 5 atom stereocenters. The first-order valence-electron chi connectivity index (χ1n) is 7.70. The SMILES string of the molecule is COC1OC(CNC(C)=O)C(OC(C)=O)C(OS(C)(=O)=O)C1NC(C)=O. The molecular weight excluding hydrogens is 372 g/mol. The maximum Gasteiger partial charge on any atom is 0.303 e. The molecular formula is C14H24N2O9S. The standard InChI is InChI=1S/C14H24N2O9S/c1-7(17)15-6-10-12(23-9(3)19)13(25-26(5,20)21)11(16-8(2)18)14(22-4)24-10/h10-14H,6H2,1-5H3,(H,15,17)(H,16,18). The van der Waals surface area contributed by atoms with Crippen molar-refractivity contribution in [3.8, 4) is 0 Å². The Morgan fingerprint density at radius 2 is 1.69 bits per heavy atom. The minimum Gasteiger partial charge on any atom is -0.457 e. The van der Waals surface area contributed by atoms with E-state index >= 15 is 0 Å². The zero-order chi connectivity index (χ0) is 20.1. The lowest BCUT2D eigenvalue weighted by molar-refractivity contribution is -0.255. The van der Waals surface area contributed by atoms with E-state index < -0.39 is 52.6 Å². The molecule has 1 heterocycles. The van der Waals surface area contributed by atoms with E-state index in [1.807, 2.05) is 0 Å². The third-order valence-electron chi connectivity index (χ3n) is 3.39. The van der Waals surface area contributed by atoms with Crippen LogP contribution in [0.5, 0.6) is 0 Å². The highest BCUT2D eigenvalue weighted by molar-refractivity contribution is 7.86. The third kappa shape index (κ3) is 6.86. The number of hydrogen-bond donors (Lipinski definition) is 2. The van der Waals surface area contributed by atoms with Gasteiger partial charge in [-0.1, -0.05) is 0 Å². The second kappa shape index (κ2) is 9.26. The van der Waals surface area contributed by atoms with E-state index in [1.54, 1.807) is 0 Å². The fraction of sp³-hybridized carbons (Fsp3) is 0.786. The number of ether oxygens (including phenoxy) is 3. The molecule has 12 heteroatoms. The molecule has 0 aromatic heterocycles. The van der Waals surface area contributed by atoms with Crippen molar-refractivity contribution >= 4 is 27.9 Å². The summed E-state index contributed by atoms with van der Waals surface area (Å²) in [7, 11) is -2.70. The molecule has 150 valence electrons. The molecule has 0 aromatic carbocycles. The van der Waals surface area contributed by atoms with E-state index in [0.717, 1.165) is 13.2 Å². The summed E-state index contributed by atoms with van der Waals surface area (Å²) < 4.78 is 44.5. The summed E-state index contributed by atoms with van der Waals surface area (Å²) in [4.78, 5) is 34.2. The lowest BCUT2D eigenvalue weighted by Gasteiger charge is -2.44. The summed E-state index contributed by atoms with van der Waals surface area (Å²) in [5.74, 6) is -1.58. The van der Waals surface area contributed by atoms with Crippen molar-refractivity contribution in [2.75, 3.05) is 19.9 Å². The second-order valence-electron chi connectivity index (χ2n) is 5.78. The van der Waals surface area contributed by atoms with Crippen LogP contribution in [-0.2, 0) is 42.9 Å². The highest BCUT2D eigenvalue weighted by atomic mass is 32.2. The first-order chi connectivity index (χ1) is 11.9. The van der Waals surface area contributed by atoms with Crippen LogP contribution in [0.25, 0.3) is 0 Å². The van der Waals surface area contributed by atoms with Crippen molar-refractivity contribution in [1.29, 1.82) is 0 Å². The molecule has 5 unspecified atom stereocenters. The van der Waals surface area contributed by atoms with Crippen LogP contribution in [0.1, 0.15) is 20.8 Å². The Balaban J connectivity index is 3.28. The van der Waals surface area contributed by atoms with Crippen molar-refractivity contribution in [2.45, 2.75) is 51.4 Å². The smallest absolute Gasteiger partial charge is 0.303 e. The Kier molecular flexibility index (Phi) is 7.93. The summed E-state index contributed by atoms with van der Waals surface area (Å²) in [6.07, 6.45) is -3.80. The van der Waals surface area contributed by atoms with E-state index in [2.05, 4.69) is 10.6 Å². The molecule has 0 spiro atoms. The maximum atomic E-state index is 11.7. The minimum atomic E-state index is -3.99. The van der Waals surface area contributed by atoms with Crippen LogP contribution in [0, 0.1) is 0 Å². The number of amides is 2. The fourth-order valence-electron chi connectivity index (χ4n) is 2.55. The number of nitrogens with one attached hydrogen (secondary N) is 2. The number of rotatable bonds is 7. The summed E-state index contributed by atoms with van der Waals surface area (Å²) in [5.41, 5.74) is 0. The van der Waals surface area contributed by atoms with Crippen LogP contribution < -0.4 is 10.6 Å². The monoisotopic (exact) mass is 396 g/mol. The van der Waals surface area contributed by atoms with Gasteiger partial charge in [0, 0.05) is 34.4 Å². The van der Waals surface area contributed by atoms with Crippen LogP contribution in [0.15, 0.2) is 0 Å². The van der Waals surface area contributed by atoms with Gasteiger partial charge < -0.3 is 24.8 Å². The highest BCUT2D eigenvalue weighted by Gasteiger charge is 2.50. The maximum absolute atomic E-state index is 11.7. The molecule has 0 radical (unpaired) electrons. The number of carbonyl (C=O) groups is 3. The minimum absolute atomic E-state index is 0.0937. The van der Waals surface area contributed by atoms with Gasteiger partial charge in [0.15, 0.2) is 12.4 Å². The van der Waals surface area contributed by atoms with Gasteiger partial charge in [-0.05, 0) is 0 Å². The van der Waals surface area contributed by atoms with Crippen molar-refractivity contribution < 1.29 is 41.2 Å². The number of methoxy groups -OCH3 is 1.